The molecule has 3 fully saturated rings. The maximum atomic E-state index is 6.37. The number of hydrogen-bond donors (Lipinski definition) is 0. The molecule has 0 atom stereocenters. The van der Waals surface area contributed by atoms with Crippen LogP contribution in [-0.4, -0.2) is 73.8 Å². The van der Waals surface area contributed by atoms with Gasteiger partial charge in [0.05, 0.1) is 67.0 Å². The van der Waals surface area contributed by atoms with Gasteiger partial charge in [-0.1, -0.05) is 168 Å². The fourth-order valence-corrected chi connectivity index (χ4v) is 11.3. The number of halogens is 1. The molecule has 14 heteroatoms. The normalized spacial score (nSPS) is 18.5. The predicted octanol–water partition coefficient (Wildman–Crippen LogP) is 17.2. The molecule has 0 spiro atoms. The van der Waals surface area contributed by atoms with Crippen LogP contribution in [0.3, 0.4) is 0 Å². The molecule has 0 saturated carbocycles. The Kier molecular flexibility index (Phi) is 17.1. The summed E-state index contributed by atoms with van der Waals surface area (Å²) in [5, 5.41) is 0. The number of imidazole rings is 2. The fourth-order valence-electron chi connectivity index (χ4n) is 10.9. The van der Waals surface area contributed by atoms with Crippen LogP contribution in [0.5, 0.6) is 0 Å². The topological polar surface area (TPSA) is 91.0 Å². The Morgan fingerprint density at radius 1 is 0.378 bits per heavy atom. The number of fused-ring (bicyclic) bond motifs is 2. The van der Waals surface area contributed by atoms with Gasteiger partial charge in [-0.2, -0.15) is 0 Å². The van der Waals surface area contributed by atoms with Gasteiger partial charge in [0.25, 0.3) is 0 Å². The fraction of sp³-hybridized carbons (Fsp3) is 0.441. The summed E-state index contributed by atoms with van der Waals surface area (Å²) in [7, 11) is -1.37. The van der Waals surface area contributed by atoms with E-state index in [1.807, 2.05) is 55.4 Å². The number of nitrogens with zero attached hydrogens (tertiary/aromatic N) is 4. The van der Waals surface area contributed by atoms with Gasteiger partial charge in [0.2, 0.25) is 0 Å². The molecule has 6 aromatic carbocycles. The van der Waals surface area contributed by atoms with Crippen molar-refractivity contribution in [1.82, 2.24) is 19.1 Å². The maximum absolute atomic E-state index is 6.37. The van der Waals surface area contributed by atoms with E-state index in [1.165, 1.54) is 33.6 Å². The second-order valence-corrected chi connectivity index (χ2v) is 27.6. The number of aromatic nitrogens is 4. The van der Waals surface area contributed by atoms with E-state index in [0.29, 0.717) is 23.7 Å². The highest BCUT2D eigenvalue weighted by Crippen LogP contribution is 2.44. The first-order valence-corrected chi connectivity index (χ1v) is 30.3. The van der Waals surface area contributed by atoms with Crippen LogP contribution < -0.4 is 5.46 Å². The van der Waals surface area contributed by atoms with Crippen LogP contribution in [0.1, 0.15) is 184 Å². The Labute approximate surface area is 499 Å². The molecule has 3 aliphatic heterocycles. The van der Waals surface area contributed by atoms with Crippen molar-refractivity contribution in [2.75, 3.05) is 0 Å². The van der Waals surface area contributed by atoms with E-state index in [9.17, 15) is 0 Å². The number of hydrogen-bond acceptors (Lipinski definition) is 8. The lowest BCUT2D eigenvalue weighted by Gasteiger charge is -2.32. The van der Waals surface area contributed by atoms with E-state index in [4.69, 9.17) is 37.9 Å². The Morgan fingerprint density at radius 2 is 0.695 bits per heavy atom. The second kappa shape index (κ2) is 22.9. The highest BCUT2D eigenvalue weighted by Gasteiger charge is 2.64. The maximum Gasteiger partial charge on any atom is 0.494 e. The minimum Gasteiger partial charge on any atom is -0.405 e. The SMILES string of the molecule is CC(C)c1cccc(C(C)C)c1-n1c(-c2cccc(B3OC(C)(C)C(C)(C)O3)c2)nc2ccccc21.CC(C)c1cccc(C(C)C)c1-n1c(-c2cccc(Br)c2)nc2ccccc21.CC1(C)OB(B2OC(C)(C)C(C)(C)O2)OC1(C)C. The first kappa shape index (κ1) is 61.3. The molecule has 0 N–H and O–H groups in total. The van der Waals surface area contributed by atoms with Crippen LogP contribution in [0, 0.1) is 0 Å². The molecular formula is C68H86B3BrN4O6. The Balaban J connectivity index is 0.000000157. The highest BCUT2D eigenvalue weighted by molar-refractivity contribution is 9.10. The van der Waals surface area contributed by atoms with Gasteiger partial charge in [-0.3, -0.25) is 9.13 Å². The van der Waals surface area contributed by atoms with Crippen LogP contribution in [0.2, 0.25) is 0 Å². The van der Waals surface area contributed by atoms with E-state index >= 15 is 0 Å². The summed E-state index contributed by atoms with van der Waals surface area (Å²) in [6, 6.07) is 47.1. The van der Waals surface area contributed by atoms with E-state index in [2.05, 4.69) is 242 Å². The quantitative estimate of drug-likeness (QED) is 0.125. The zero-order valence-corrected chi connectivity index (χ0v) is 53.9. The summed E-state index contributed by atoms with van der Waals surface area (Å²) < 4.78 is 42.4. The average Bonchev–Trinajstić information content (AvgIpc) is 4.39. The third-order valence-electron chi connectivity index (χ3n) is 17.8. The molecule has 3 saturated heterocycles. The van der Waals surface area contributed by atoms with Crippen molar-refractivity contribution in [3.8, 4) is 34.2 Å². The van der Waals surface area contributed by atoms with Crippen molar-refractivity contribution in [2.24, 2.45) is 0 Å². The van der Waals surface area contributed by atoms with E-state index in [-0.39, 0.29) is 33.6 Å². The summed E-state index contributed by atoms with van der Waals surface area (Å²) in [6.45, 7) is 42.7. The van der Waals surface area contributed by atoms with Crippen LogP contribution in [0.25, 0.3) is 56.2 Å². The van der Waals surface area contributed by atoms with Gasteiger partial charge in [0.15, 0.2) is 0 Å². The van der Waals surface area contributed by atoms with Crippen molar-refractivity contribution in [2.45, 2.75) is 196 Å². The van der Waals surface area contributed by atoms with E-state index < -0.39 is 21.1 Å². The molecule has 0 bridgehead atoms. The summed E-state index contributed by atoms with van der Waals surface area (Å²) in [4.78, 5) is 10.2. The first-order valence-electron chi connectivity index (χ1n) is 29.5. The third kappa shape index (κ3) is 11.8. The molecule has 0 amide bonds. The monoisotopic (exact) mass is 1170 g/mol. The standard InChI is InChI=1S/C31H37BN2O2.C25H25BrN2.C12H24B2O4/c1-20(2)24-15-12-16-25(21(3)4)28(24)34-27-18-10-9-17-26(27)33-29(34)22-13-11-14-23(19-22)32-35-30(5,6)31(7,8)36-32;1-16(2)20-11-8-12-21(17(3)4)24(20)28-23-14-6-5-13-22(23)27-25(28)18-9-7-10-19(26)15-18;1-9(2)10(3,4)16-13(15-9)14-17-11(5,6)12(7,8)18-14/h9-21H,1-8H3;5-17H,1-4H3;1-8H3. The van der Waals surface area contributed by atoms with Crippen molar-refractivity contribution < 1.29 is 27.9 Å². The summed E-state index contributed by atoms with van der Waals surface area (Å²) >= 11 is 3.62. The van der Waals surface area contributed by atoms with Gasteiger partial charge >= 0.3 is 21.1 Å². The number of para-hydroxylation sites is 6. The van der Waals surface area contributed by atoms with Crippen molar-refractivity contribution in [3.05, 3.63) is 160 Å². The van der Waals surface area contributed by atoms with E-state index in [1.54, 1.807) is 0 Å². The molecule has 5 heterocycles. The summed E-state index contributed by atoms with van der Waals surface area (Å²) in [5.74, 6) is 3.52. The van der Waals surface area contributed by atoms with Gasteiger partial charge in [0, 0.05) is 15.6 Å². The molecule has 0 unspecified atom stereocenters. The van der Waals surface area contributed by atoms with Crippen LogP contribution in [0.15, 0.2) is 138 Å². The summed E-state index contributed by atoms with van der Waals surface area (Å²) in [5.41, 5.74) is 13.1. The minimum absolute atomic E-state index is 0.360. The molecule has 2 aromatic heterocycles. The van der Waals surface area contributed by atoms with Gasteiger partial charge in [-0.25, -0.2) is 9.97 Å². The molecule has 0 radical (unpaired) electrons. The zero-order chi connectivity index (χ0) is 59.6. The second-order valence-electron chi connectivity index (χ2n) is 26.7. The molecule has 10 nitrogen and oxygen atoms in total. The van der Waals surface area contributed by atoms with E-state index in [0.717, 1.165) is 54.8 Å². The van der Waals surface area contributed by atoms with Crippen molar-refractivity contribution in [1.29, 1.82) is 0 Å². The van der Waals surface area contributed by atoms with Crippen LogP contribution in [0.4, 0.5) is 0 Å². The van der Waals surface area contributed by atoms with Crippen LogP contribution in [-0.2, 0) is 27.9 Å². The van der Waals surface area contributed by atoms with Gasteiger partial charge < -0.3 is 27.9 Å². The number of rotatable bonds is 10. The minimum atomic E-state index is -0.476. The van der Waals surface area contributed by atoms with Gasteiger partial charge in [-0.15, -0.1) is 0 Å². The smallest absolute Gasteiger partial charge is 0.405 e. The van der Waals surface area contributed by atoms with Gasteiger partial charge in [0.1, 0.15) is 11.6 Å². The average molecular weight is 1170 g/mol. The molecule has 430 valence electrons. The molecule has 11 rings (SSSR count). The summed E-state index contributed by atoms with van der Waals surface area (Å²) in [6.07, 6.45) is 0. The molecular weight excluding hydrogens is 1080 g/mol. The Morgan fingerprint density at radius 3 is 1.05 bits per heavy atom. The number of benzene rings is 6. The van der Waals surface area contributed by atoms with Crippen molar-refractivity contribution in [3.63, 3.8) is 0 Å². The molecule has 8 aromatic rings. The molecule has 82 heavy (non-hydrogen) atoms. The lowest BCUT2D eigenvalue weighted by Crippen LogP contribution is -2.41. The predicted molar refractivity (Wildman–Crippen MR) is 345 cm³/mol. The Hall–Kier alpha value is -5.31. The first-order chi connectivity index (χ1) is 38.3. The van der Waals surface area contributed by atoms with Gasteiger partial charge in [-0.05, 0) is 171 Å². The highest BCUT2D eigenvalue weighted by atomic mass is 79.9. The molecule has 3 aliphatic rings. The molecule has 0 aliphatic carbocycles. The lowest BCUT2D eigenvalue weighted by atomic mass is 9.49. The third-order valence-corrected chi connectivity index (χ3v) is 18.3. The largest absolute Gasteiger partial charge is 0.494 e. The van der Waals surface area contributed by atoms with Crippen molar-refractivity contribution >= 4 is 64.6 Å². The zero-order valence-electron chi connectivity index (χ0n) is 52.4. The van der Waals surface area contributed by atoms with Crippen LogP contribution >= 0.6 is 15.9 Å². The lowest BCUT2D eigenvalue weighted by molar-refractivity contribution is 0.00578. The Bertz CT molecular complexity index is 3460.